The zero-order valence-electron chi connectivity index (χ0n) is 17.6. The Morgan fingerprint density at radius 2 is 2.16 bits per heavy atom. The third kappa shape index (κ3) is 5.08. The van der Waals surface area contributed by atoms with E-state index in [1.165, 1.54) is 29.2 Å². The highest BCUT2D eigenvalue weighted by Crippen LogP contribution is 2.38. The van der Waals surface area contributed by atoms with Gasteiger partial charge < -0.3 is 19.9 Å². The average molecular weight is 461 g/mol. The normalized spacial score (nSPS) is 16.0. The largest absolute Gasteiger partial charge is 0.496 e. The number of benzene rings is 1. The van der Waals surface area contributed by atoms with Crippen LogP contribution in [0.4, 0.5) is 5.13 Å². The van der Waals surface area contributed by atoms with Gasteiger partial charge in [0.25, 0.3) is 5.91 Å². The molecule has 0 spiro atoms. The number of nitrogens with one attached hydrogen (secondary N) is 1. The molecule has 3 amide bonds. The molecule has 0 saturated carbocycles. The SMILES string of the molecule is C=CC(=O)N1CCN(C(=O)c2cc(Sc3cnc(NC=O)s3)c(C)cc2OC)[C@H](C)C1. The average Bonchev–Trinajstić information content (AvgIpc) is 3.20. The van der Waals surface area contributed by atoms with Crippen LogP contribution in [0.25, 0.3) is 0 Å². The third-order valence-electron chi connectivity index (χ3n) is 4.98. The van der Waals surface area contributed by atoms with Crippen molar-refractivity contribution in [3.8, 4) is 5.75 Å². The van der Waals surface area contributed by atoms with Gasteiger partial charge in [-0.3, -0.25) is 14.4 Å². The van der Waals surface area contributed by atoms with Gasteiger partial charge in [-0.05, 0) is 37.6 Å². The standard InChI is InChI=1S/C21H24N4O4S2/c1-5-18(27)24-6-7-25(14(3)11-24)20(28)15-9-17(13(2)8-16(15)29-4)30-19-10-22-21(31-19)23-12-26/h5,8-10,12,14H,1,6-7,11H2,2-4H3,(H,22,23,26)/t14-/m1/s1. The van der Waals surface area contributed by atoms with Gasteiger partial charge in [0, 0.05) is 30.6 Å². The highest BCUT2D eigenvalue weighted by atomic mass is 32.2. The molecule has 0 aliphatic carbocycles. The van der Waals surface area contributed by atoms with E-state index in [2.05, 4.69) is 16.9 Å². The number of ether oxygens (including phenoxy) is 1. The molecule has 3 rings (SSSR count). The molecule has 0 unspecified atom stereocenters. The van der Waals surface area contributed by atoms with Crippen molar-refractivity contribution in [2.24, 2.45) is 0 Å². The first-order valence-electron chi connectivity index (χ1n) is 9.62. The molecule has 164 valence electrons. The summed E-state index contributed by atoms with van der Waals surface area (Å²) in [5.74, 6) is 0.249. The van der Waals surface area contributed by atoms with E-state index in [-0.39, 0.29) is 17.9 Å². The number of nitrogens with zero attached hydrogens (tertiary/aromatic N) is 3. The van der Waals surface area contributed by atoms with Gasteiger partial charge in [-0.15, -0.1) is 0 Å². The number of hydrogen-bond donors (Lipinski definition) is 1. The number of aryl methyl sites for hydroxylation is 1. The van der Waals surface area contributed by atoms with Gasteiger partial charge in [-0.1, -0.05) is 29.7 Å². The first kappa shape index (κ1) is 22.8. The van der Waals surface area contributed by atoms with Crippen molar-refractivity contribution < 1.29 is 19.1 Å². The number of piperazine rings is 1. The summed E-state index contributed by atoms with van der Waals surface area (Å²) in [6, 6.07) is 3.55. The molecule has 2 heterocycles. The second kappa shape index (κ2) is 9.97. The maximum atomic E-state index is 13.4. The van der Waals surface area contributed by atoms with E-state index >= 15 is 0 Å². The fourth-order valence-electron chi connectivity index (χ4n) is 3.38. The number of rotatable bonds is 7. The molecular weight excluding hydrogens is 436 g/mol. The van der Waals surface area contributed by atoms with Crippen molar-refractivity contribution in [2.45, 2.75) is 29.0 Å². The highest BCUT2D eigenvalue weighted by molar-refractivity contribution is 8.01. The minimum absolute atomic E-state index is 0.126. The maximum absolute atomic E-state index is 13.4. The molecule has 31 heavy (non-hydrogen) atoms. The molecule has 1 saturated heterocycles. The number of hydrogen-bond acceptors (Lipinski definition) is 7. The summed E-state index contributed by atoms with van der Waals surface area (Å²) in [5, 5.41) is 3.05. The van der Waals surface area contributed by atoms with Gasteiger partial charge >= 0.3 is 0 Å². The van der Waals surface area contributed by atoms with Crippen molar-refractivity contribution >= 4 is 46.5 Å². The molecule has 1 aliphatic heterocycles. The van der Waals surface area contributed by atoms with Crippen molar-refractivity contribution in [3.05, 3.63) is 42.1 Å². The quantitative estimate of drug-likeness (QED) is 0.504. The van der Waals surface area contributed by atoms with Crippen molar-refractivity contribution in [2.75, 3.05) is 32.1 Å². The number of amides is 3. The Morgan fingerprint density at radius 1 is 1.39 bits per heavy atom. The van der Waals surface area contributed by atoms with Crippen molar-refractivity contribution in [1.82, 2.24) is 14.8 Å². The first-order valence-corrected chi connectivity index (χ1v) is 11.3. The summed E-state index contributed by atoms with van der Waals surface area (Å²) in [7, 11) is 1.54. The van der Waals surface area contributed by atoms with E-state index in [4.69, 9.17) is 4.74 Å². The summed E-state index contributed by atoms with van der Waals surface area (Å²) in [6.45, 7) is 8.77. The minimum Gasteiger partial charge on any atom is -0.496 e. The molecular formula is C21H24N4O4S2. The lowest BCUT2D eigenvalue weighted by molar-refractivity contribution is -0.128. The molecule has 1 aromatic carbocycles. The second-order valence-corrected chi connectivity index (χ2v) is 9.38. The number of aromatic nitrogens is 1. The van der Waals surface area contributed by atoms with Crippen LogP contribution in [0.15, 0.2) is 40.1 Å². The van der Waals surface area contributed by atoms with Crippen LogP contribution >= 0.6 is 23.1 Å². The highest BCUT2D eigenvalue weighted by Gasteiger charge is 2.31. The molecule has 10 heteroatoms. The van der Waals surface area contributed by atoms with Crippen molar-refractivity contribution in [1.29, 1.82) is 0 Å². The van der Waals surface area contributed by atoms with Crippen LogP contribution in [-0.4, -0.2) is 65.8 Å². The van der Waals surface area contributed by atoms with E-state index in [1.54, 1.807) is 23.1 Å². The van der Waals surface area contributed by atoms with Gasteiger partial charge in [0.1, 0.15) is 5.75 Å². The second-order valence-electron chi connectivity index (χ2n) is 7.00. The van der Waals surface area contributed by atoms with Crippen molar-refractivity contribution in [3.63, 3.8) is 0 Å². The van der Waals surface area contributed by atoms with E-state index in [0.717, 1.165) is 14.7 Å². The first-order chi connectivity index (χ1) is 14.9. The van der Waals surface area contributed by atoms with Crippen LogP contribution in [0.2, 0.25) is 0 Å². The molecule has 1 aromatic heterocycles. The Labute approximate surface area is 189 Å². The molecule has 2 aromatic rings. The van der Waals surface area contributed by atoms with Gasteiger partial charge in [0.2, 0.25) is 12.3 Å². The fourth-order valence-corrected chi connectivity index (χ4v) is 5.28. The molecule has 1 fully saturated rings. The minimum atomic E-state index is -0.135. The van der Waals surface area contributed by atoms with Crippen LogP contribution < -0.4 is 10.1 Å². The smallest absolute Gasteiger partial charge is 0.258 e. The predicted molar refractivity (Wildman–Crippen MR) is 121 cm³/mol. The topological polar surface area (TPSA) is 91.8 Å². The van der Waals surface area contributed by atoms with Gasteiger partial charge in [0.15, 0.2) is 5.13 Å². The Kier molecular flexibility index (Phi) is 7.34. The zero-order valence-corrected chi connectivity index (χ0v) is 19.2. The number of carbonyl (C=O) groups excluding carboxylic acids is 3. The maximum Gasteiger partial charge on any atom is 0.258 e. The Hall–Kier alpha value is -2.85. The lowest BCUT2D eigenvalue weighted by atomic mass is 10.1. The summed E-state index contributed by atoms with van der Waals surface area (Å²) >= 11 is 2.83. The van der Waals surface area contributed by atoms with Crippen LogP contribution in [0, 0.1) is 6.92 Å². The molecule has 1 atom stereocenters. The summed E-state index contributed by atoms with van der Waals surface area (Å²) in [4.78, 5) is 44.4. The molecule has 1 N–H and O–H groups in total. The van der Waals surface area contributed by atoms with Crippen LogP contribution in [0.3, 0.4) is 0 Å². The fraction of sp³-hybridized carbons (Fsp3) is 0.333. The van der Waals surface area contributed by atoms with E-state index in [0.29, 0.717) is 42.5 Å². The lowest BCUT2D eigenvalue weighted by Crippen LogP contribution is -2.55. The third-order valence-corrected chi connectivity index (χ3v) is 7.17. The Morgan fingerprint density at radius 3 is 2.81 bits per heavy atom. The monoisotopic (exact) mass is 460 g/mol. The molecule has 0 radical (unpaired) electrons. The van der Waals surface area contributed by atoms with E-state index in [9.17, 15) is 14.4 Å². The van der Waals surface area contributed by atoms with E-state index < -0.39 is 0 Å². The zero-order chi connectivity index (χ0) is 22.5. The van der Waals surface area contributed by atoms with Gasteiger partial charge in [-0.2, -0.15) is 0 Å². The molecule has 8 nitrogen and oxygen atoms in total. The summed E-state index contributed by atoms with van der Waals surface area (Å²) in [5.41, 5.74) is 1.44. The molecule has 0 bridgehead atoms. The van der Waals surface area contributed by atoms with Crippen LogP contribution in [0.5, 0.6) is 5.75 Å². The Bertz CT molecular complexity index is 1010. The predicted octanol–water partition coefficient (Wildman–Crippen LogP) is 3.04. The number of anilines is 1. The van der Waals surface area contributed by atoms with Crippen LogP contribution in [-0.2, 0) is 9.59 Å². The molecule has 1 aliphatic rings. The van der Waals surface area contributed by atoms with Crippen LogP contribution in [0.1, 0.15) is 22.8 Å². The van der Waals surface area contributed by atoms with Gasteiger partial charge in [0.05, 0.1) is 23.1 Å². The summed E-state index contributed by atoms with van der Waals surface area (Å²) in [6.07, 6.45) is 3.57. The number of carbonyl (C=O) groups is 3. The van der Waals surface area contributed by atoms with E-state index in [1.807, 2.05) is 26.0 Å². The number of methoxy groups -OCH3 is 1. The lowest BCUT2D eigenvalue weighted by Gasteiger charge is -2.39. The summed E-state index contributed by atoms with van der Waals surface area (Å²) < 4.78 is 6.39. The van der Waals surface area contributed by atoms with Gasteiger partial charge in [-0.25, -0.2) is 4.98 Å². The Balaban J connectivity index is 1.84. The number of thiazole rings is 1.